The third-order valence-corrected chi connectivity index (χ3v) is 9.34. The first kappa shape index (κ1) is 23.2. The summed E-state index contributed by atoms with van der Waals surface area (Å²) in [6, 6.07) is 0.309. The zero-order valence-corrected chi connectivity index (χ0v) is 19.6. The van der Waals surface area contributed by atoms with Gasteiger partial charge in [0.15, 0.2) is 0 Å². The van der Waals surface area contributed by atoms with Gasteiger partial charge in [-0.1, -0.05) is 6.92 Å². The summed E-state index contributed by atoms with van der Waals surface area (Å²) < 4.78 is 5.46. The number of imide groups is 1. The fourth-order valence-corrected chi connectivity index (χ4v) is 7.39. The Morgan fingerprint density at radius 1 is 1.13 bits per heavy atom. The number of carbonyl (C=O) groups excluding carboxylic acids is 3. The van der Waals surface area contributed by atoms with E-state index in [0.29, 0.717) is 17.7 Å². The van der Waals surface area contributed by atoms with Gasteiger partial charge < -0.3 is 20.3 Å². The van der Waals surface area contributed by atoms with Gasteiger partial charge in [-0.3, -0.25) is 20.2 Å². The summed E-state index contributed by atoms with van der Waals surface area (Å²) >= 11 is 3.23. The molecule has 9 nitrogen and oxygen atoms in total. The van der Waals surface area contributed by atoms with Crippen molar-refractivity contribution < 1.29 is 19.1 Å². The Morgan fingerprint density at radius 2 is 1.94 bits per heavy atom. The second-order valence-electron chi connectivity index (χ2n) is 8.54. The van der Waals surface area contributed by atoms with Crippen LogP contribution >= 0.6 is 23.5 Å². The maximum absolute atomic E-state index is 12.8. The molecule has 0 bridgehead atoms. The first-order chi connectivity index (χ1) is 15.0. The van der Waals surface area contributed by atoms with E-state index in [-0.39, 0.29) is 28.7 Å². The van der Waals surface area contributed by atoms with Gasteiger partial charge >= 0.3 is 6.09 Å². The number of carbonyl (C=O) groups is 3. The van der Waals surface area contributed by atoms with E-state index >= 15 is 0 Å². The monoisotopic (exact) mass is 471 g/mol. The number of piperidine rings is 2. The Labute approximate surface area is 191 Å². The van der Waals surface area contributed by atoms with Crippen molar-refractivity contribution in [1.82, 2.24) is 26.2 Å². The first-order valence-electron chi connectivity index (χ1n) is 11.3. The Hall–Kier alpha value is -1.01. The normalized spacial score (nSPS) is 34.2. The average molecular weight is 472 g/mol. The molecule has 11 heteroatoms. The molecule has 4 saturated heterocycles. The van der Waals surface area contributed by atoms with E-state index in [4.69, 9.17) is 4.74 Å². The van der Waals surface area contributed by atoms with E-state index in [1.807, 2.05) is 0 Å². The summed E-state index contributed by atoms with van der Waals surface area (Å²) in [6.07, 6.45) is 2.44. The van der Waals surface area contributed by atoms with E-state index in [0.717, 1.165) is 57.7 Å². The lowest BCUT2D eigenvalue weighted by Gasteiger charge is -2.30. The molecule has 4 aliphatic rings. The minimum absolute atomic E-state index is 0.0816. The number of likely N-dealkylation sites (tertiary alicyclic amines) is 1. The van der Waals surface area contributed by atoms with Crippen molar-refractivity contribution >= 4 is 41.4 Å². The molecule has 5 atom stereocenters. The highest BCUT2D eigenvalue weighted by Gasteiger charge is 2.42. The highest BCUT2D eigenvalue weighted by atomic mass is 32.2. The molecule has 0 aromatic heterocycles. The summed E-state index contributed by atoms with van der Waals surface area (Å²) in [5.74, 6) is -0.106. The minimum Gasteiger partial charge on any atom is -0.446 e. The van der Waals surface area contributed by atoms with Crippen LogP contribution in [0.5, 0.6) is 0 Å². The van der Waals surface area contributed by atoms with Gasteiger partial charge in [-0.25, -0.2) is 4.79 Å². The van der Waals surface area contributed by atoms with Crippen molar-refractivity contribution in [2.75, 3.05) is 38.5 Å². The molecule has 4 rings (SSSR count). The lowest BCUT2D eigenvalue weighted by Crippen LogP contribution is -2.51. The molecule has 3 amide bonds. The third kappa shape index (κ3) is 5.87. The number of alkyl carbamates (subject to hydrolysis) is 1. The predicted molar refractivity (Wildman–Crippen MR) is 122 cm³/mol. The van der Waals surface area contributed by atoms with Crippen molar-refractivity contribution in [3.8, 4) is 0 Å². The van der Waals surface area contributed by atoms with Crippen molar-refractivity contribution in [2.24, 2.45) is 5.92 Å². The van der Waals surface area contributed by atoms with Crippen molar-refractivity contribution in [1.29, 1.82) is 0 Å². The van der Waals surface area contributed by atoms with Crippen LogP contribution in [-0.4, -0.2) is 89.4 Å². The predicted octanol–water partition coefficient (Wildman–Crippen LogP) is 0.312. The maximum Gasteiger partial charge on any atom is 0.414 e. The van der Waals surface area contributed by atoms with Crippen molar-refractivity contribution in [3.05, 3.63) is 0 Å². The molecular formula is C20H33N5O4S2. The Bertz CT molecular complexity index is 662. The fraction of sp³-hybridized carbons (Fsp3) is 0.850. The maximum atomic E-state index is 12.8. The molecule has 0 radical (unpaired) electrons. The van der Waals surface area contributed by atoms with E-state index in [2.05, 4.69) is 33.1 Å². The van der Waals surface area contributed by atoms with Gasteiger partial charge in [0, 0.05) is 30.9 Å². The molecule has 0 spiro atoms. The van der Waals surface area contributed by atoms with Gasteiger partial charge in [0.2, 0.25) is 11.8 Å². The van der Waals surface area contributed by atoms with Crippen LogP contribution < -0.4 is 21.3 Å². The van der Waals surface area contributed by atoms with Crippen LogP contribution in [0.3, 0.4) is 0 Å². The molecular weight excluding hydrogens is 438 g/mol. The number of hydrogen-bond donors (Lipinski definition) is 4. The lowest BCUT2D eigenvalue weighted by molar-refractivity contribution is -0.125. The van der Waals surface area contributed by atoms with Crippen LogP contribution in [0.15, 0.2) is 0 Å². The van der Waals surface area contributed by atoms with Crippen LogP contribution in [0.4, 0.5) is 4.79 Å². The van der Waals surface area contributed by atoms with Crippen LogP contribution in [0.25, 0.3) is 0 Å². The van der Waals surface area contributed by atoms with Crippen molar-refractivity contribution in [2.45, 2.75) is 60.8 Å². The Balaban J connectivity index is 1.22. The Morgan fingerprint density at radius 3 is 2.68 bits per heavy atom. The standard InChI is InChI=1S/C20H33N5O4S2/c1-2-25-8-4-12(5-9-25)29-20(28)24-16(26)13-6-10-30-18(13)23-17(27)19-22-14-11-21-7-3-15(14)31-19/h12-15,18-19,21-22H,2-11H2,1H3,(H,23,27)(H,24,26,28). The molecule has 0 saturated carbocycles. The van der Waals surface area contributed by atoms with Crippen LogP contribution in [-0.2, 0) is 14.3 Å². The summed E-state index contributed by atoms with van der Waals surface area (Å²) in [5, 5.41) is 12.0. The molecule has 31 heavy (non-hydrogen) atoms. The molecule has 0 aromatic rings. The second kappa shape index (κ2) is 10.7. The molecule has 4 heterocycles. The van der Waals surface area contributed by atoms with Crippen LogP contribution in [0.2, 0.25) is 0 Å². The molecule has 0 aromatic carbocycles. The Kier molecular flexibility index (Phi) is 8.02. The number of fused-ring (bicyclic) bond motifs is 1. The number of nitrogens with zero attached hydrogens (tertiary/aromatic N) is 1. The van der Waals surface area contributed by atoms with E-state index in [1.54, 1.807) is 23.5 Å². The number of ether oxygens (including phenoxy) is 1. The fourth-order valence-electron chi connectivity index (χ4n) is 4.64. The molecule has 5 unspecified atom stereocenters. The van der Waals surface area contributed by atoms with Gasteiger partial charge in [-0.15, -0.1) is 23.5 Å². The zero-order valence-electron chi connectivity index (χ0n) is 17.9. The van der Waals surface area contributed by atoms with E-state index in [1.165, 1.54) is 0 Å². The largest absolute Gasteiger partial charge is 0.446 e. The van der Waals surface area contributed by atoms with Gasteiger partial charge in [-0.05, 0) is 44.5 Å². The summed E-state index contributed by atoms with van der Waals surface area (Å²) in [4.78, 5) is 40.0. The third-order valence-electron chi connectivity index (χ3n) is 6.53. The minimum atomic E-state index is -0.675. The molecule has 174 valence electrons. The highest BCUT2D eigenvalue weighted by Crippen LogP contribution is 2.34. The van der Waals surface area contributed by atoms with Crippen LogP contribution in [0.1, 0.15) is 32.6 Å². The number of hydrogen-bond acceptors (Lipinski definition) is 9. The molecule has 4 N–H and O–H groups in total. The highest BCUT2D eigenvalue weighted by molar-refractivity contribution is 8.01. The van der Waals surface area contributed by atoms with Crippen LogP contribution in [0, 0.1) is 5.92 Å². The van der Waals surface area contributed by atoms with Gasteiger partial charge in [0.05, 0.1) is 11.3 Å². The zero-order chi connectivity index (χ0) is 21.8. The van der Waals surface area contributed by atoms with Gasteiger partial charge in [0.25, 0.3) is 0 Å². The summed E-state index contributed by atoms with van der Waals surface area (Å²) in [6.45, 7) is 6.79. The number of nitrogens with one attached hydrogen (secondary N) is 4. The first-order valence-corrected chi connectivity index (χ1v) is 13.3. The quantitative estimate of drug-likeness (QED) is 0.450. The molecule has 0 aliphatic carbocycles. The van der Waals surface area contributed by atoms with Gasteiger partial charge in [0.1, 0.15) is 11.5 Å². The number of amides is 3. The van der Waals surface area contributed by atoms with E-state index in [9.17, 15) is 14.4 Å². The topological polar surface area (TPSA) is 112 Å². The van der Waals surface area contributed by atoms with Gasteiger partial charge in [-0.2, -0.15) is 0 Å². The SMILES string of the molecule is CCN1CCC(OC(=O)NC(=O)C2CCSC2NC(=O)C2NC3CNCCC3S2)CC1. The number of rotatable bonds is 5. The lowest BCUT2D eigenvalue weighted by atomic mass is 10.1. The number of thioether (sulfide) groups is 2. The average Bonchev–Trinajstić information content (AvgIpc) is 3.41. The molecule has 4 aliphatic heterocycles. The second-order valence-corrected chi connectivity index (χ2v) is 11.1. The summed E-state index contributed by atoms with van der Waals surface area (Å²) in [7, 11) is 0. The molecule has 4 fully saturated rings. The summed E-state index contributed by atoms with van der Waals surface area (Å²) in [5.41, 5.74) is 0. The van der Waals surface area contributed by atoms with Crippen molar-refractivity contribution in [3.63, 3.8) is 0 Å². The smallest absolute Gasteiger partial charge is 0.414 e. The van der Waals surface area contributed by atoms with E-state index < -0.39 is 12.0 Å².